The van der Waals surface area contributed by atoms with Crippen molar-refractivity contribution in [3.8, 4) is 0 Å². The third kappa shape index (κ3) is 3.65. The molecule has 134 valence electrons. The molecule has 3 unspecified atom stereocenters. The fourth-order valence-electron chi connectivity index (χ4n) is 5.18. The molecule has 1 aromatic carbocycles. The van der Waals surface area contributed by atoms with Crippen molar-refractivity contribution in [3.05, 3.63) is 35.1 Å². The minimum atomic E-state index is -1.35. The first-order chi connectivity index (χ1) is 11.5. The summed E-state index contributed by atoms with van der Waals surface area (Å²) in [6.45, 7) is 4.60. The molecule has 3 rings (SSSR count). The summed E-state index contributed by atoms with van der Waals surface area (Å²) in [4.78, 5) is 0. The van der Waals surface area contributed by atoms with Crippen molar-refractivity contribution in [1.82, 2.24) is 0 Å². The molecular weight excluding hydrogens is 309 g/mol. The van der Waals surface area contributed by atoms with Gasteiger partial charge >= 0.3 is 0 Å². The van der Waals surface area contributed by atoms with Crippen LogP contribution in [0.4, 0.5) is 13.2 Å². The smallest absolute Gasteiger partial charge is 0.194 e. The summed E-state index contributed by atoms with van der Waals surface area (Å²) in [6.07, 6.45) is 9.48. The zero-order chi connectivity index (χ0) is 17.3. The highest BCUT2D eigenvalue weighted by atomic mass is 19.2. The summed E-state index contributed by atoms with van der Waals surface area (Å²) >= 11 is 0. The molecule has 3 atom stereocenters. The van der Waals surface area contributed by atoms with Gasteiger partial charge in [-0.1, -0.05) is 33.1 Å². The van der Waals surface area contributed by atoms with Gasteiger partial charge in [0.2, 0.25) is 0 Å². The normalized spacial score (nSPS) is 34.3. The molecule has 1 aromatic rings. The third-order valence-electron chi connectivity index (χ3n) is 6.72. The van der Waals surface area contributed by atoms with Crippen LogP contribution in [0.25, 0.3) is 0 Å². The van der Waals surface area contributed by atoms with E-state index in [1.807, 2.05) is 0 Å². The first-order valence-electron chi connectivity index (χ1n) is 9.64. The van der Waals surface area contributed by atoms with Crippen LogP contribution in [0, 0.1) is 41.1 Å². The molecule has 0 nitrogen and oxygen atoms in total. The predicted octanol–water partition coefficient (Wildman–Crippen LogP) is 6.84. The van der Waals surface area contributed by atoms with Gasteiger partial charge in [0.15, 0.2) is 17.5 Å². The molecule has 2 fully saturated rings. The van der Waals surface area contributed by atoms with Gasteiger partial charge in [-0.05, 0) is 79.4 Å². The quantitative estimate of drug-likeness (QED) is 0.529. The number of halogens is 3. The molecule has 0 aromatic heterocycles. The maximum absolute atomic E-state index is 13.6. The zero-order valence-electron chi connectivity index (χ0n) is 14.8. The van der Waals surface area contributed by atoms with Crippen LogP contribution in [-0.4, -0.2) is 0 Å². The van der Waals surface area contributed by atoms with Gasteiger partial charge in [0.05, 0.1) is 0 Å². The van der Waals surface area contributed by atoms with Gasteiger partial charge < -0.3 is 0 Å². The largest absolute Gasteiger partial charge is 0.204 e. The van der Waals surface area contributed by atoms with Gasteiger partial charge in [0, 0.05) is 0 Å². The molecule has 0 spiro atoms. The highest BCUT2D eigenvalue weighted by Crippen LogP contribution is 2.48. The molecule has 0 N–H and O–H groups in total. The van der Waals surface area contributed by atoms with Crippen molar-refractivity contribution >= 4 is 0 Å². The molecule has 0 bridgehead atoms. The molecular formula is C21H29F3. The minimum absolute atomic E-state index is 0.168. The van der Waals surface area contributed by atoms with Gasteiger partial charge in [-0.3, -0.25) is 0 Å². The van der Waals surface area contributed by atoms with Crippen LogP contribution < -0.4 is 0 Å². The van der Waals surface area contributed by atoms with Crippen molar-refractivity contribution in [2.24, 2.45) is 23.7 Å². The summed E-state index contributed by atoms with van der Waals surface area (Å²) in [7, 11) is 0. The first kappa shape index (κ1) is 17.8. The van der Waals surface area contributed by atoms with E-state index in [4.69, 9.17) is 0 Å². The van der Waals surface area contributed by atoms with Gasteiger partial charge in [-0.2, -0.15) is 0 Å². The highest BCUT2D eigenvalue weighted by Gasteiger charge is 2.36. The van der Waals surface area contributed by atoms with Crippen LogP contribution in [-0.2, 0) is 0 Å². The van der Waals surface area contributed by atoms with Crippen LogP contribution >= 0.6 is 0 Å². The summed E-state index contributed by atoms with van der Waals surface area (Å²) in [6, 6.07) is 2.44. The first-order valence-corrected chi connectivity index (χ1v) is 9.64. The summed E-state index contributed by atoms with van der Waals surface area (Å²) in [5.74, 6) is -0.311. The lowest BCUT2D eigenvalue weighted by Gasteiger charge is -2.43. The fourth-order valence-corrected chi connectivity index (χ4v) is 5.18. The maximum Gasteiger partial charge on any atom is 0.194 e. The summed E-state index contributed by atoms with van der Waals surface area (Å²) in [5.41, 5.74) is 0.648. The Morgan fingerprint density at radius 2 is 1.54 bits per heavy atom. The van der Waals surface area contributed by atoms with Crippen LogP contribution in [0.5, 0.6) is 0 Å². The predicted molar refractivity (Wildman–Crippen MR) is 91.3 cm³/mol. The summed E-state index contributed by atoms with van der Waals surface area (Å²) in [5, 5.41) is 0. The molecule has 0 saturated heterocycles. The van der Waals surface area contributed by atoms with E-state index in [0.717, 1.165) is 37.0 Å². The van der Waals surface area contributed by atoms with Crippen molar-refractivity contribution < 1.29 is 13.2 Å². The van der Waals surface area contributed by atoms with Gasteiger partial charge in [0.25, 0.3) is 0 Å². The Kier molecular flexibility index (Phi) is 5.56. The lowest BCUT2D eigenvalue weighted by molar-refractivity contribution is 0.102. The molecule has 2 aliphatic rings. The lowest BCUT2D eigenvalue weighted by Crippen LogP contribution is -2.32. The average Bonchev–Trinajstić information content (AvgIpc) is 2.59. The van der Waals surface area contributed by atoms with Crippen LogP contribution in [0.2, 0.25) is 0 Å². The van der Waals surface area contributed by atoms with E-state index in [1.54, 1.807) is 0 Å². The van der Waals surface area contributed by atoms with Crippen LogP contribution in [0.1, 0.15) is 76.7 Å². The monoisotopic (exact) mass is 338 g/mol. The van der Waals surface area contributed by atoms with Gasteiger partial charge in [-0.15, -0.1) is 0 Å². The van der Waals surface area contributed by atoms with Crippen LogP contribution in [0.15, 0.2) is 12.1 Å². The van der Waals surface area contributed by atoms with E-state index in [0.29, 0.717) is 11.5 Å². The second kappa shape index (κ2) is 7.49. The SMILES string of the molecule is CCC1CCC(c2cc(F)c(F)c(F)c2)CC1C1CCC(C)CC1. The molecule has 3 heteroatoms. The van der Waals surface area contributed by atoms with Crippen molar-refractivity contribution in [2.45, 2.75) is 71.1 Å². The van der Waals surface area contributed by atoms with E-state index in [9.17, 15) is 13.2 Å². The number of hydrogen-bond acceptors (Lipinski definition) is 0. The Morgan fingerprint density at radius 1 is 0.917 bits per heavy atom. The second-order valence-electron chi connectivity index (χ2n) is 8.16. The highest BCUT2D eigenvalue weighted by molar-refractivity contribution is 5.24. The Bertz CT molecular complexity index is 537. The number of hydrogen-bond donors (Lipinski definition) is 0. The van der Waals surface area contributed by atoms with Crippen LogP contribution in [0.3, 0.4) is 0 Å². The van der Waals surface area contributed by atoms with E-state index in [2.05, 4.69) is 13.8 Å². The molecule has 0 aliphatic heterocycles. The van der Waals surface area contributed by atoms with Crippen molar-refractivity contribution in [2.75, 3.05) is 0 Å². The summed E-state index contributed by atoms with van der Waals surface area (Å²) < 4.78 is 40.5. The van der Waals surface area contributed by atoms with Crippen molar-refractivity contribution in [3.63, 3.8) is 0 Å². The fraction of sp³-hybridized carbons (Fsp3) is 0.714. The Morgan fingerprint density at radius 3 is 2.12 bits per heavy atom. The average molecular weight is 338 g/mol. The number of rotatable bonds is 3. The molecule has 2 saturated carbocycles. The standard InChI is InChI=1S/C21H29F3/c1-3-14-8-9-16(17-11-19(22)21(24)20(23)12-17)10-18(14)15-6-4-13(2)5-7-15/h11-16,18H,3-10H2,1-2H3. The molecule has 2 aliphatic carbocycles. The molecule has 24 heavy (non-hydrogen) atoms. The van der Waals surface area contributed by atoms with E-state index in [-0.39, 0.29) is 5.92 Å². The zero-order valence-corrected chi connectivity index (χ0v) is 14.8. The lowest BCUT2D eigenvalue weighted by atomic mass is 9.63. The topological polar surface area (TPSA) is 0 Å². The Hall–Kier alpha value is -0.990. The van der Waals surface area contributed by atoms with Crippen molar-refractivity contribution in [1.29, 1.82) is 0 Å². The van der Waals surface area contributed by atoms with Gasteiger partial charge in [0.1, 0.15) is 0 Å². The molecule has 0 amide bonds. The van der Waals surface area contributed by atoms with Gasteiger partial charge in [-0.25, -0.2) is 13.2 Å². The van der Waals surface area contributed by atoms with E-state index in [1.165, 1.54) is 44.2 Å². The third-order valence-corrected chi connectivity index (χ3v) is 6.72. The Labute approximate surface area is 143 Å². The Balaban J connectivity index is 1.77. The number of benzene rings is 1. The minimum Gasteiger partial charge on any atom is -0.204 e. The van der Waals surface area contributed by atoms with E-state index < -0.39 is 17.5 Å². The second-order valence-corrected chi connectivity index (χ2v) is 8.16. The maximum atomic E-state index is 13.6. The molecule has 0 radical (unpaired) electrons. The molecule has 0 heterocycles. The van der Waals surface area contributed by atoms with E-state index >= 15 is 0 Å².